The number of rotatable bonds is 10. The Morgan fingerprint density at radius 3 is 2.42 bits per heavy atom. The SMILES string of the molecule is COCc1nn(Cc2ccc(Cn3ccc(C)c(C)c3=O)cc2)cc1C(=O)NCc1nccc(OC)c1F. The number of methoxy groups -OCH3 is 2. The molecule has 0 aliphatic rings. The van der Waals surface area contributed by atoms with Crippen molar-refractivity contribution in [2.24, 2.45) is 0 Å². The minimum absolute atomic E-state index is 0.00650. The van der Waals surface area contributed by atoms with E-state index in [0.29, 0.717) is 24.3 Å². The van der Waals surface area contributed by atoms with Gasteiger partial charge in [0.05, 0.1) is 44.6 Å². The highest BCUT2D eigenvalue weighted by Gasteiger charge is 2.18. The van der Waals surface area contributed by atoms with E-state index in [2.05, 4.69) is 15.4 Å². The van der Waals surface area contributed by atoms with Crippen molar-refractivity contribution in [3.8, 4) is 5.75 Å². The van der Waals surface area contributed by atoms with Gasteiger partial charge in [0, 0.05) is 37.3 Å². The maximum atomic E-state index is 14.4. The van der Waals surface area contributed by atoms with Crippen molar-refractivity contribution < 1.29 is 18.7 Å². The van der Waals surface area contributed by atoms with Gasteiger partial charge in [-0.2, -0.15) is 5.10 Å². The number of halogens is 1. The number of ether oxygens (including phenoxy) is 2. The topological polar surface area (TPSA) is 100 Å². The van der Waals surface area contributed by atoms with E-state index in [-0.39, 0.29) is 30.2 Å². The van der Waals surface area contributed by atoms with Crippen LogP contribution in [0, 0.1) is 19.7 Å². The summed E-state index contributed by atoms with van der Waals surface area (Å²) < 4.78 is 27.9. The van der Waals surface area contributed by atoms with Crippen LogP contribution >= 0.6 is 0 Å². The molecule has 1 aromatic carbocycles. The second-order valence-corrected chi connectivity index (χ2v) is 8.95. The fourth-order valence-corrected chi connectivity index (χ4v) is 4.02. The smallest absolute Gasteiger partial charge is 0.255 e. The van der Waals surface area contributed by atoms with Crippen LogP contribution in [0.5, 0.6) is 5.75 Å². The number of carbonyl (C=O) groups excluding carboxylic acids is 1. The molecule has 0 bridgehead atoms. The Morgan fingerprint density at radius 2 is 1.74 bits per heavy atom. The van der Waals surface area contributed by atoms with Crippen LogP contribution in [0.4, 0.5) is 4.39 Å². The zero-order chi connectivity index (χ0) is 27.2. The molecule has 0 saturated heterocycles. The molecule has 1 amide bonds. The number of aryl methyl sites for hydroxylation is 1. The van der Waals surface area contributed by atoms with Crippen LogP contribution in [0.25, 0.3) is 0 Å². The zero-order valence-electron chi connectivity index (χ0n) is 21.8. The first-order valence-electron chi connectivity index (χ1n) is 12.1. The van der Waals surface area contributed by atoms with Crippen molar-refractivity contribution in [3.05, 3.63) is 110 Å². The molecule has 4 rings (SSSR count). The van der Waals surface area contributed by atoms with Crippen molar-refractivity contribution in [2.45, 2.75) is 40.1 Å². The summed E-state index contributed by atoms with van der Waals surface area (Å²) in [7, 11) is 2.89. The molecule has 9 nitrogen and oxygen atoms in total. The Morgan fingerprint density at radius 1 is 1.03 bits per heavy atom. The number of nitrogens with one attached hydrogen (secondary N) is 1. The van der Waals surface area contributed by atoms with Crippen molar-refractivity contribution in [3.63, 3.8) is 0 Å². The lowest BCUT2D eigenvalue weighted by Crippen LogP contribution is -2.24. The summed E-state index contributed by atoms with van der Waals surface area (Å²) in [5.41, 5.74) is 4.58. The van der Waals surface area contributed by atoms with Gasteiger partial charge in [0.15, 0.2) is 11.6 Å². The van der Waals surface area contributed by atoms with Gasteiger partial charge in [-0.15, -0.1) is 0 Å². The maximum absolute atomic E-state index is 14.4. The molecule has 10 heteroatoms. The summed E-state index contributed by atoms with van der Waals surface area (Å²) in [6.07, 6.45) is 4.87. The van der Waals surface area contributed by atoms with E-state index in [1.807, 2.05) is 50.4 Å². The van der Waals surface area contributed by atoms with E-state index in [0.717, 1.165) is 22.3 Å². The van der Waals surface area contributed by atoms with Gasteiger partial charge in [-0.05, 0) is 36.6 Å². The van der Waals surface area contributed by atoms with E-state index in [4.69, 9.17) is 9.47 Å². The monoisotopic (exact) mass is 519 g/mol. The fraction of sp³-hybridized carbons (Fsp3) is 0.286. The molecule has 0 saturated carbocycles. The van der Waals surface area contributed by atoms with E-state index >= 15 is 0 Å². The molecule has 4 aromatic rings. The van der Waals surface area contributed by atoms with Gasteiger partial charge in [0.1, 0.15) is 5.69 Å². The fourth-order valence-electron chi connectivity index (χ4n) is 4.02. The first-order chi connectivity index (χ1) is 18.3. The van der Waals surface area contributed by atoms with Crippen LogP contribution in [-0.2, 0) is 31.0 Å². The lowest BCUT2D eigenvalue weighted by molar-refractivity contribution is 0.0945. The Hall–Kier alpha value is -4.31. The quantitative estimate of drug-likeness (QED) is 0.345. The molecule has 0 radical (unpaired) electrons. The maximum Gasteiger partial charge on any atom is 0.255 e. The van der Waals surface area contributed by atoms with Crippen LogP contribution in [-0.4, -0.2) is 39.5 Å². The van der Waals surface area contributed by atoms with Gasteiger partial charge in [-0.1, -0.05) is 24.3 Å². The molecule has 0 fully saturated rings. The average Bonchev–Trinajstić information content (AvgIpc) is 3.31. The van der Waals surface area contributed by atoms with Crippen LogP contribution < -0.4 is 15.6 Å². The predicted octanol–water partition coefficient (Wildman–Crippen LogP) is 3.38. The highest BCUT2D eigenvalue weighted by atomic mass is 19.1. The molecular weight excluding hydrogens is 489 g/mol. The molecule has 0 atom stereocenters. The minimum Gasteiger partial charge on any atom is -0.494 e. The van der Waals surface area contributed by atoms with Crippen LogP contribution in [0.15, 0.2) is 59.8 Å². The highest BCUT2D eigenvalue weighted by Crippen LogP contribution is 2.18. The van der Waals surface area contributed by atoms with Gasteiger partial charge >= 0.3 is 0 Å². The number of nitrogens with zero attached hydrogens (tertiary/aromatic N) is 4. The summed E-state index contributed by atoms with van der Waals surface area (Å²) in [5, 5.41) is 7.20. The van der Waals surface area contributed by atoms with Crippen LogP contribution in [0.3, 0.4) is 0 Å². The predicted molar refractivity (Wildman–Crippen MR) is 140 cm³/mol. The van der Waals surface area contributed by atoms with Crippen molar-refractivity contribution in [1.82, 2.24) is 24.6 Å². The number of pyridine rings is 2. The standard InChI is InChI=1S/C28H30FN5O4/c1-18-10-12-33(28(36)19(18)2)14-20-5-7-21(8-6-20)15-34-16-22(24(32-34)17-37-3)27(35)31-13-23-26(29)25(38-4)9-11-30-23/h5-12,16H,13-15,17H2,1-4H3,(H,31,35). The highest BCUT2D eigenvalue weighted by molar-refractivity contribution is 5.95. The second-order valence-electron chi connectivity index (χ2n) is 8.95. The summed E-state index contributed by atoms with van der Waals surface area (Å²) >= 11 is 0. The molecule has 0 aliphatic carbocycles. The first kappa shape index (κ1) is 26.7. The Balaban J connectivity index is 1.45. The molecular formula is C28H30FN5O4. The van der Waals surface area contributed by atoms with E-state index in [9.17, 15) is 14.0 Å². The lowest BCUT2D eigenvalue weighted by Gasteiger charge is -2.09. The molecule has 38 heavy (non-hydrogen) atoms. The van der Waals surface area contributed by atoms with Crippen molar-refractivity contribution in [1.29, 1.82) is 0 Å². The van der Waals surface area contributed by atoms with Crippen molar-refractivity contribution >= 4 is 5.91 Å². The molecule has 3 heterocycles. The Bertz CT molecular complexity index is 1490. The van der Waals surface area contributed by atoms with Crippen molar-refractivity contribution in [2.75, 3.05) is 14.2 Å². The molecule has 198 valence electrons. The number of benzene rings is 1. The van der Waals surface area contributed by atoms with Gasteiger partial charge in [0.2, 0.25) is 0 Å². The molecule has 0 spiro atoms. The van der Waals surface area contributed by atoms with Gasteiger partial charge in [-0.25, -0.2) is 4.39 Å². The number of carbonyl (C=O) groups is 1. The van der Waals surface area contributed by atoms with Crippen LogP contribution in [0.1, 0.15) is 44.0 Å². The number of aromatic nitrogens is 4. The van der Waals surface area contributed by atoms with E-state index in [1.54, 1.807) is 15.4 Å². The van der Waals surface area contributed by atoms with Gasteiger partial charge < -0.3 is 19.4 Å². The number of hydrogen-bond donors (Lipinski definition) is 1. The summed E-state index contributed by atoms with van der Waals surface area (Å²) in [6.45, 7) is 4.71. The third kappa shape index (κ3) is 5.97. The summed E-state index contributed by atoms with van der Waals surface area (Å²) in [6, 6.07) is 11.2. The minimum atomic E-state index is -0.617. The second kappa shape index (κ2) is 11.8. The van der Waals surface area contributed by atoms with E-state index < -0.39 is 11.7 Å². The average molecular weight is 520 g/mol. The Labute approximate surface area is 219 Å². The molecule has 0 unspecified atom stereocenters. The van der Waals surface area contributed by atoms with Gasteiger partial charge in [0.25, 0.3) is 11.5 Å². The summed E-state index contributed by atoms with van der Waals surface area (Å²) in [4.78, 5) is 29.4. The first-order valence-corrected chi connectivity index (χ1v) is 12.1. The summed E-state index contributed by atoms with van der Waals surface area (Å²) in [5.74, 6) is -0.973. The normalized spacial score (nSPS) is 11.0. The largest absolute Gasteiger partial charge is 0.494 e. The third-order valence-electron chi connectivity index (χ3n) is 6.32. The molecule has 1 N–H and O–H groups in total. The molecule has 0 aliphatic heterocycles. The van der Waals surface area contributed by atoms with Crippen LogP contribution in [0.2, 0.25) is 0 Å². The van der Waals surface area contributed by atoms with E-state index in [1.165, 1.54) is 26.5 Å². The Kier molecular flexibility index (Phi) is 8.32. The third-order valence-corrected chi connectivity index (χ3v) is 6.32. The number of amides is 1. The van der Waals surface area contributed by atoms with Gasteiger partial charge in [-0.3, -0.25) is 19.3 Å². The number of hydrogen-bond acceptors (Lipinski definition) is 6. The molecule has 3 aromatic heterocycles. The lowest BCUT2D eigenvalue weighted by atomic mass is 10.1. The zero-order valence-corrected chi connectivity index (χ0v) is 21.8.